The highest BCUT2D eigenvalue weighted by Gasteiger charge is 2.09. The SMILES string of the molecule is COc1cc(Cl)c(C)cc1NCCC(=O)Nc1cccc(C)c1C. The van der Waals surface area contributed by atoms with E-state index in [0.29, 0.717) is 23.7 Å². The Hall–Kier alpha value is -2.20. The standard InChI is InChI=1S/C19H23ClN2O2/c1-12-6-5-7-16(14(12)3)22-19(23)8-9-21-17-10-13(2)15(20)11-18(17)24-4/h5-7,10-11,21H,8-9H2,1-4H3,(H,22,23). The Morgan fingerprint density at radius 2 is 1.88 bits per heavy atom. The van der Waals surface area contributed by atoms with E-state index in [1.54, 1.807) is 13.2 Å². The summed E-state index contributed by atoms with van der Waals surface area (Å²) in [4.78, 5) is 12.1. The fourth-order valence-electron chi connectivity index (χ4n) is 2.38. The maximum absolute atomic E-state index is 12.1. The molecule has 0 aliphatic rings. The topological polar surface area (TPSA) is 50.4 Å². The molecule has 2 aromatic rings. The lowest BCUT2D eigenvalue weighted by molar-refractivity contribution is -0.115. The molecule has 0 bridgehead atoms. The summed E-state index contributed by atoms with van der Waals surface area (Å²) >= 11 is 6.09. The first kappa shape index (κ1) is 18.1. The van der Waals surface area contributed by atoms with Gasteiger partial charge in [-0.15, -0.1) is 0 Å². The number of hydrogen-bond acceptors (Lipinski definition) is 3. The zero-order valence-corrected chi connectivity index (χ0v) is 15.3. The molecule has 128 valence electrons. The van der Waals surface area contributed by atoms with Gasteiger partial charge in [-0.25, -0.2) is 0 Å². The van der Waals surface area contributed by atoms with Crippen LogP contribution in [0.1, 0.15) is 23.1 Å². The molecule has 0 aliphatic carbocycles. The second kappa shape index (κ2) is 8.06. The van der Waals surface area contributed by atoms with Crippen molar-refractivity contribution in [3.05, 3.63) is 52.0 Å². The normalized spacial score (nSPS) is 10.4. The van der Waals surface area contributed by atoms with Crippen LogP contribution in [0.15, 0.2) is 30.3 Å². The lowest BCUT2D eigenvalue weighted by Crippen LogP contribution is -2.17. The Morgan fingerprint density at radius 3 is 2.58 bits per heavy atom. The molecule has 0 heterocycles. The van der Waals surface area contributed by atoms with Gasteiger partial charge in [-0.05, 0) is 49.6 Å². The van der Waals surface area contributed by atoms with E-state index in [4.69, 9.17) is 16.3 Å². The maximum atomic E-state index is 12.1. The highest BCUT2D eigenvalue weighted by molar-refractivity contribution is 6.31. The van der Waals surface area contributed by atoms with E-state index < -0.39 is 0 Å². The van der Waals surface area contributed by atoms with E-state index in [9.17, 15) is 4.79 Å². The molecule has 0 aromatic heterocycles. The fourth-order valence-corrected chi connectivity index (χ4v) is 2.53. The van der Waals surface area contributed by atoms with Gasteiger partial charge in [0, 0.05) is 29.7 Å². The predicted molar refractivity (Wildman–Crippen MR) is 100 cm³/mol. The lowest BCUT2D eigenvalue weighted by Gasteiger charge is -2.14. The van der Waals surface area contributed by atoms with E-state index in [1.165, 1.54) is 0 Å². The molecule has 2 N–H and O–H groups in total. The van der Waals surface area contributed by atoms with Crippen molar-refractivity contribution in [3.8, 4) is 5.75 Å². The number of nitrogens with one attached hydrogen (secondary N) is 2. The number of carbonyl (C=O) groups is 1. The number of hydrogen-bond donors (Lipinski definition) is 2. The first-order valence-electron chi connectivity index (χ1n) is 7.86. The summed E-state index contributed by atoms with van der Waals surface area (Å²) in [6.45, 7) is 6.47. The van der Waals surface area contributed by atoms with Crippen molar-refractivity contribution in [2.75, 3.05) is 24.3 Å². The van der Waals surface area contributed by atoms with Crippen LogP contribution in [0.5, 0.6) is 5.75 Å². The molecule has 0 spiro atoms. The molecular formula is C19H23ClN2O2. The minimum absolute atomic E-state index is 0.0270. The first-order valence-corrected chi connectivity index (χ1v) is 8.24. The fraction of sp³-hybridized carbons (Fsp3) is 0.316. The molecule has 0 fully saturated rings. The van der Waals surface area contributed by atoms with E-state index in [2.05, 4.69) is 10.6 Å². The minimum Gasteiger partial charge on any atom is -0.495 e. The zero-order chi connectivity index (χ0) is 17.7. The second-order valence-electron chi connectivity index (χ2n) is 5.77. The molecule has 5 heteroatoms. The molecule has 2 aromatic carbocycles. The van der Waals surface area contributed by atoms with Crippen molar-refractivity contribution in [2.45, 2.75) is 27.2 Å². The number of halogens is 1. The van der Waals surface area contributed by atoms with Gasteiger partial charge in [0.25, 0.3) is 0 Å². The van der Waals surface area contributed by atoms with Gasteiger partial charge >= 0.3 is 0 Å². The number of rotatable bonds is 6. The van der Waals surface area contributed by atoms with Crippen LogP contribution in [0.2, 0.25) is 5.02 Å². The molecule has 0 aliphatic heterocycles. The zero-order valence-electron chi connectivity index (χ0n) is 14.5. The molecule has 0 saturated carbocycles. The average molecular weight is 347 g/mol. The molecule has 0 atom stereocenters. The summed E-state index contributed by atoms with van der Waals surface area (Å²) in [5, 5.41) is 6.84. The number of benzene rings is 2. The monoisotopic (exact) mass is 346 g/mol. The number of aryl methyl sites for hydroxylation is 2. The minimum atomic E-state index is -0.0270. The Kier molecular flexibility index (Phi) is 6.10. The van der Waals surface area contributed by atoms with Gasteiger partial charge in [-0.2, -0.15) is 0 Å². The Labute approximate surface area is 148 Å². The number of methoxy groups -OCH3 is 1. The van der Waals surface area contributed by atoms with Gasteiger partial charge in [0.2, 0.25) is 5.91 Å². The van der Waals surface area contributed by atoms with Crippen LogP contribution in [0.25, 0.3) is 0 Å². The van der Waals surface area contributed by atoms with Gasteiger partial charge in [-0.3, -0.25) is 4.79 Å². The molecule has 24 heavy (non-hydrogen) atoms. The summed E-state index contributed by atoms with van der Waals surface area (Å²) in [6, 6.07) is 9.58. The third-order valence-electron chi connectivity index (χ3n) is 4.03. The Balaban J connectivity index is 1.93. The van der Waals surface area contributed by atoms with Crippen molar-refractivity contribution >= 4 is 28.9 Å². The summed E-state index contributed by atoms with van der Waals surface area (Å²) in [5.74, 6) is 0.640. The molecule has 2 rings (SSSR count). The largest absolute Gasteiger partial charge is 0.495 e. The van der Waals surface area contributed by atoms with E-state index >= 15 is 0 Å². The van der Waals surface area contributed by atoms with E-state index in [1.807, 2.05) is 45.0 Å². The number of anilines is 2. The molecule has 4 nitrogen and oxygen atoms in total. The highest BCUT2D eigenvalue weighted by atomic mass is 35.5. The van der Waals surface area contributed by atoms with Gasteiger partial charge in [0.15, 0.2) is 0 Å². The van der Waals surface area contributed by atoms with Gasteiger partial charge < -0.3 is 15.4 Å². The summed E-state index contributed by atoms with van der Waals surface area (Å²) in [7, 11) is 1.60. The summed E-state index contributed by atoms with van der Waals surface area (Å²) < 4.78 is 5.32. The summed E-state index contributed by atoms with van der Waals surface area (Å²) in [5.41, 5.74) is 4.90. The average Bonchev–Trinajstić information content (AvgIpc) is 2.55. The molecule has 0 saturated heterocycles. The van der Waals surface area contributed by atoms with Crippen LogP contribution in [0.3, 0.4) is 0 Å². The third kappa shape index (κ3) is 4.42. The van der Waals surface area contributed by atoms with Crippen LogP contribution in [-0.4, -0.2) is 19.6 Å². The molecule has 1 amide bonds. The molecular weight excluding hydrogens is 324 g/mol. The van der Waals surface area contributed by atoms with Crippen LogP contribution >= 0.6 is 11.6 Å². The van der Waals surface area contributed by atoms with Crippen LogP contribution in [0.4, 0.5) is 11.4 Å². The van der Waals surface area contributed by atoms with Crippen LogP contribution in [0, 0.1) is 20.8 Å². The van der Waals surface area contributed by atoms with Crippen LogP contribution < -0.4 is 15.4 Å². The van der Waals surface area contributed by atoms with Crippen LogP contribution in [-0.2, 0) is 4.79 Å². The van der Waals surface area contributed by atoms with Crippen molar-refractivity contribution in [1.82, 2.24) is 0 Å². The van der Waals surface area contributed by atoms with Gasteiger partial charge in [-0.1, -0.05) is 23.7 Å². The van der Waals surface area contributed by atoms with E-state index in [-0.39, 0.29) is 5.91 Å². The number of ether oxygens (including phenoxy) is 1. The second-order valence-corrected chi connectivity index (χ2v) is 6.18. The Bertz CT molecular complexity index is 744. The number of amides is 1. The van der Waals surface area contributed by atoms with Crippen molar-refractivity contribution in [1.29, 1.82) is 0 Å². The highest BCUT2D eigenvalue weighted by Crippen LogP contribution is 2.30. The lowest BCUT2D eigenvalue weighted by atomic mass is 10.1. The summed E-state index contributed by atoms with van der Waals surface area (Å²) in [6.07, 6.45) is 0.359. The van der Waals surface area contributed by atoms with Crippen molar-refractivity contribution in [2.24, 2.45) is 0 Å². The first-order chi connectivity index (χ1) is 11.4. The third-order valence-corrected chi connectivity index (χ3v) is 4.43. The quantitative estimate of drug-likeness (QED) is 0.796. The smallest absolute Gasteiger partial charge is 0.226 e. The van der Waals surface area contributed by atoms with E-state index in [0.717, 1.165) is 28.1 Å². The predicted octanol–water partition coefficient (Wildman–Crippen LogP) is 4.71. The van der Waals surface area contributed by atoms with Gasteiger partial charge in [0.05, 0.1) is 12.8 Å². The maximum Gasteiger partial charge on any atom is 0.226 e. The molecule has 0 unspecified atom stereocenters. The van der Waals surface area contributed by atoms with Crippen molar-refractivity contribution in [3.63, 3.8) is 0 Å². The number of carbonyl (C=O) groups excluding carboxylic acids is 1. The van der Waals surface area contributed by atoms with Crippen molar-refractivity contribution < 1.29 is 9.53 Å². The van der Waals surface area contributed by atoms with Gasteiger partial charge in [0.1, 0.15) is 5.75 Å². The Morgan fingerprint density at radius 1 is 1.12 bits per heavy atom. The molecule has 0 radical (unpaired) electrons.